The van der Waals surface area contributed by atoms with Gasteiger partial charge in [-0.3, -0.25) is 14.5 Å². The lowest BCUT2D eigenvalue weighted by Gasteiger charge is -2.37. The molecule has 0 spiro atoms. The number of hydrogen-bond donors (Lipinski definition) is 1. The Morgan fingerprint density at radius 3 is 2.69 bits per heavy atom. The van der Waals surface area contributed by atoms with Crippen LogP contribution in [0.5, 0.6) is 0 Å². The third-order valence-electron chi connectivity index (χ3n) is 3.74. The SMILES string of the molecule is CCC1CN(C(C)C(C)C(=O)O)CCC1=O. The molecule has 1 aliphatic rings. The molecule has 1 saturated heterocycles. The molecule has 0 aromatic heterocycles. The Hall–Kier alpha value is -0.900. The molecule has 1 aliphatic heterocycles. The van der Waals surface area contributed by atoms with E-state index >= 15 is 0 Å². The minimum Gasteiger partial charge on any atom is -0.481 e. The van der Waals surface area contributed by atoms with Crippen LogP contribution >= 0.6 is 0 Å². The monoisotopic (exact) mass is 227 g/mol. The summed E-state index contributed by atoms with van der Waals surface area (Å²) in [6, 6.07) is -0.000324. The smallest absolute Gasteiger partial charge is 0.307 e. The third kappa shape index (κ3) is 2.82. The van der Waals surface area contributed by atoms with Crippen molar-refractivity contribution in [2.24, 2.45) is 11.8 Å². The zero-order valence-electron chi connectivity index (χ0n) is 10.3. The number of likely N-dealkylation sites (tertiary alicyclic amines) is 1. The Labute approximate surface area is 96.6 Å². The summed E-state index contributed by atoms with van der Waals surface area (Å²) >= 11 is 0. The zero-order valence-corrected chi connectivity index (χ0v) is 10.3. The third-order valence-corrected chi connectivity index (χ3v) is 3.74. The molecule has 1 N–H and O–H groups in total. The molecular weight excluding hydrogens is 206 g/mol. The number of nitrogens with zero attached hydrogens (tertiary/aromatic N) is 1. The Morgan fingerprint density at radius 2 is 2.19 bits per heavy atom. The van der Waals surface area contributed by atoms with Crippen molar-refractivity contribution in [2.75, 3.05) is 13.1 Å². The lowest BCUT2D eigenvalue weighted by atomic mass is 9.91. The number of carboxylic acid groups (broad SMARTS) is 1. The molecule has 0 aliphatic carbocycles. The van der Waals surface area contributed by atoms with E-state index in [4.69, 9.17) is 5.11 Å². The molecule has 0 bridgehead atoms. The molecule has 0 aromatic rings. The maximum atomic E-state index is 11.6. The molecule has 3 unspecified atom stereocenters. The van der Waals surface area contributed by atoms with Gasteiger partial charge in [0.25, 0.3) is 0 Å². The first-order valence-electron chi connectivity index (χ1n) is 5.97. The Morgan fingerprint density at radius 1 is 1.56 bits per heavy atom. The second kappa shape index (κ2) is 5.43. The van der Waals surface area contributed by atoms with E-state index < -0.39 is 5.97 Å². The molecule has 92 valence electrons. The van der Waals surface area contributed by atoms with Gasteiger partial charge in [0.15, 0.2) is 0 Å². The average Bonchev–Trinajstić information content (AvgIpc) is 2.27. The quantitative estimate of drug-likeness (QED) is 0.788. The number of hydrogen-bond acceptors (Lipinski definition) is 3. The minimum atomic E-state index is -0.766. The lowest BCUT2D eigenvalue weighted by Crippen LogP contribution is -2.48. The highest BCUT2D eigenvalue weighted by atomic mass is 16.4. The summed E-state index contributed by atoms with van der Waals surface area (Å²) in [5, 5.41) is 8.96. The van der Waals surface area contributed by atoms with Gasteiger partial charge in [0.2, 0.25) is 0 Å². The van der Waals surface area contributed by atoms with Gasteiger partial charge in [-0.25, -0.2) is 0 Å². The van der Waals surface area contributed by atoms with Gasteiger partial charge in [0.05, 0.1) is 5.92 Å². The molecule has 1 rings (SSSR count). The first-order chi connectivity index (χ1) is 7.47. The van der Waals surface area contributed by atoms with E-state index in [-0.39, 0.29) is 17.9 Å². The van der Waals surface area contributed by atoms with Crippen LogP contribution < -0.4 is 0 Å². The fourth-order valence-electron chi connectivity index (χ4n) is 2.18. The number of aliphatic carboxylic acids is 1. The van der Waals surface area contributed by atoms with Gasteiger partial charge in [-0.15, -0.1) is 0 Å². The molecule has 0 aromatic carbocycles. The van der Waals surface area contributed by atoms with Crippen molar-refractivity contribution in [3.63, 3.8) is 0 Å². The molecular formula is C12H21NO3. The Kier molecular flexibility index (Phi) is 4.47. The van der Waals surface area contributed by atoms with Crippen molar-refractivity contribution in [1.29, 1.82) is 0 Å². The topological polar surface area (TPSA) is 57.6 Å². The van der Waals surface area contributed by atoms with Crippen LogP contribution in [0.1, 0.15) is 33.6 Å². The highest BCUT2D eigenvalue weighted by Crippen LogP contribution is 2.21. The molecule has 4 heteroatoms. The summed E-state index contributed by atoms with van der Waals surface area (Å²) in [6.45, 7) is 7.09. The highest BCUT2D eigenvalue weighted by Gasteiger charge is 2.32. The number of piperidine rings is 1. The van der Waals surface area contributed by atoms with Crippen LogP contribution in [0.4, 0.5) is 0 Å². The van der Waals surface area contributed by atoms with Crippen molar-refractivity contribution >= 4 is 11.8 Å². The summed E-state index contributed by atoms with van der Waals surface area (Å²) in [6.07, 6.45) is 1.42. The summed E-state index contributed by atoms with van der Waals surface area (Å²) in [5.74, 6) is -0.728. The van der Waals surface area contributed by atoms with E-state index in [9.17, 15) is 9.59 Å². The Bertz CT molecular complexity index is 277. The van der Waals surface area contributed by atoms with Gasteiger partial charge in [-0.05, 0) is 13.3 Å². The van der Waals surface area contributed by atoms with Crippen LogP contribution in [0.15, 0.2) is 0 Å². The number of rotatable bonds is 4. The molecule has 1 fully saturated rings. The maximum Gasteiger partial charge on any atom is 0.307 e. The van der Waals surface area contributed by atoms with Crippen LogP contribution in [-0.2, 0) is 9.59 Å². The highest BCUT2D eigenvalue weighted by molar-refractivity contribution is 5.82. The van der Waals surface area contributed by atoms with Crippen molar-refractivity contribution < 1.29 is 14.7 Å². The van der Waals surface area contributed by atoms with Crippen molar-refractivity contribution in [3.8, 4) is 0 Å². The van der Waals surface area contributed by atoms with Gasteiger partial charge < -0.3 is 5.11 Å². The zero-order chi connectivity index (χ0) is 12.3. The van der Waals surface area contributed by atoms with Crippen molar-refractivity contribution in [2.45, 2.75) is 39.7 Å². The summed E-state index contributed by atoms with van der Waals surface area (Å²) in [4.78, 5) is 24.6. The van der Waals surface area contributed by atoms with E-state index in [2.05, 4.69) is 4.90 Å². The van der Waals surface area contributed by atoms with Gasteiger partial charge in [0.1, 0.15) is 5.78 Å². The van der Waals surface area contributed by atoms with E-state index in [1.54, 1.807) is 6.92 Å². The summed E-state index contributed by atoms with van der Waals surface area (Å²) in [5.41, 5.74) is 0. The van der Waals surface area contributed by atoms with Crippen molar-refractivity contribution in [3.05, 3.63) is 0 Å². The van der Waals surface area contributed by atoms with E-state index in [1.165, 1.54) is 0 Å². The summed E-state index contributed by atoms with van der Waals surface area (Å²) < 4.78 is 0. The molecule has 0 radical (unpaired) electrons. The summed E-state index contributed by atoms with van der Waals surface area (Å²) in [7, 11) is 0. The lowest BCUT2D eigenvalue weighted by molar-refractivity contribution is -0.143. The molecule has 0 saturated carbocycles. The normalized spacial score (nSPS) is 26.4. The van der Waals surface area contributed by atoms with Gasteiger partial charge >= 0.3 is 5.97 Å². The van der Waals surface area contributed by atoms with Crippen LogP contribution in [0.2, 0.25) is 0 Å². The fourth-order valence-corrected chi connectivity index (χ4v) is 2.18. The number of Topliss-reactive ketones (excluding diaryl/α,β-unsaturated/α-hetero) is 1. The first kappa shape index (κ1) is 13.2. The predicted molar refractivity (Wildman–Crippen MR) is 61.2 cm³/mol. The second-order valence-corrected chi connectivity index (χ2v) is 4.68. The molecule has 16 heavy (non-hydrogen) atoms. The van der Waals surface area contributed by atoms with Crippen LogP contribution in [0, 0.1) is 11.8 Å². The van der Waals surface area contributed by atoms with E-state index in [0.29, 0.717) is 25.3 Å². The molecule has 4 nitrogen and oxygen atoms in total. The van der Waals surface area contributed by atoms with Gasteiger partial charge in [-0.1, -0.05) is 13.8 Å². The second-order valence-electron chi connectivity index (χ2n) is 4.68. The van der Waals surface area contributed by atoms with Gasteiger partial charge in [-0.2, -0.15) is 0 Å². The van der Waals surface area contributed by atoms with Crippen LogP contribution in [0.25, 0.3) is 0 Å². The largest absolute Gasteiger partial charge is 0.481 e. The van der Waals surface area contributed by atoms with Crippen molar-refractivity contribution in [1.82, 2.24) is 4.90 Å². The standard InChI is InChI=1S/C12H21NO3/c1-4-10-7-13(6-5-11(10)14)9(3)8(2)12(15)16/h8-10H,4-7H2,1-3H3,(H,15,16). The fraction of sp³-hybridized carbons (Fsp3) is 0.833. The number of carboxylic acids is 1. The number of carbonyl (C=O) groups excluding carboxylic acids is 1. The average molecular weight is 227 g/mol. The van der Waals surface area contributed by atoms with E-state index in [0.717, 1.165) is 6.42 Å². The van der Waals surface area contributed by atoms with Gasteiger partial charge in [0, 0.05) is 31.5 Å². The number of ketones is 1. The van der Waals surface area contributed by atoms with E-state index in [1.807, 2.05) is 13.8 Å². The Balaban J connectivity index is 2.61. The number of carbonyl (C=O) groups is 2. The molecule has 0 amide bonds. The maximum absolute atomic E-state index is 11.6. The van der Waals surface area contributed by atoms with Crippen LogP contribution in [-0.4, -0.2) is 40.9 Å². The molecule has 3 atom stereocenters. The predicted octanol–water partition coefficient (Wildman–Crippen LogP) is 1.40. The first-order valence-corrected chi connectivity index (χ1v) is 5.97. The van der Waals surface area contributed by atoms with Crippen LogP contribution in [0.3, 0.4) is 0 Å². The molecule has 1 heterocycles. The minimum absolute atomic E-state index is 0.000324.